The van der Waals surface area contributed by atoms with Crippen LogP contribution < -0.4 is 9.47 Å². The zero-order chi connectivity index (χ0) is 26.2. The predicted octanol–water partition coefficient (Wildman–Crippen LogP) is 7.35. The lowest BCUT2D eigenvalue weighted by Crippen LogP contribution is -2.01. The summed E-state index contributed by atoms with van der Waals surface area (Å²) in [6.45, 7) is 11.3. The number of para-hydroxylation sites is 2. The van der Waals surface area contributed by atoms with Gasteiger partial charge in [0, 0.05) is 10.8 Å². The first-order valence-electron chi connectivity index (χ1n) is 11.8. The number of aromatic nitrogens is 4. The average Bonchev–Trinajstić information content (AvgIpc) is 2.95. The van der Waals surface area contributed by atoms with Crippen molar-refractivity contribution in [2.24, 2.45) is 0 Å². The Balaban J connectivity index is 1.74. The Bertz CT molecular complexity index is 1960. The van der Waals surface area contributed by atoms with Crippen LogP contribution in [0.15, 0.2) is 72.8 Å². The van der Waals surface area contributed by atoms with Gasteiger partial charge in [0.15, 0.2) is 0 Å². The molecule has 0 fully saturated rings. The van der Waals surface area contributed by atoms with E-state index in [1.54, 1.807) is 12.1 Å². The molecule has 2 aromatic heterocycles. The molecule has 0 atom stereocenters. The number of hydrogen-bond acceptors (Lipinski definition) is 7. The summed E-state index contributed by atoms with van der Waals surface area (Å²) in [5.74, 6) is 1.43. The van der Waals surface area contributed by atoms with E-state index in [0.29, 0.717) is 44.3 Å². The zero-order valence-electron chi connectivity index (χ0n) is 20.4. The molecule has 0 aliphatic carbocycles. The van der Waals surface area contributed by atoms with Gasteiger partial charge in [0.2, 0.25) is 5.69 Å². The summed E-state index contributed by atoms with van der Waals surface area (Å²) >= 11 is 0. The van der Waals surface area contributed by atoms with Crippen molar-refractivity contribution in [2.75, 3.05) is 0 Å². The highest BCUT2D eigenvalue weighted by Crippen LogP contribution is 2.40. The molecule has 6 rings (SSSR count). The highest BCUT2D eigenvalue weighted by Gasteiger charge is 2.22. The van der Waals surface area contributed by atoms with E-state index in [0.717, 1.165) is 11.4 Å². The molecular weight excluding hydrogens is 476 g/mol. The Morgan fingerprint density at radius 3 is 1.71 bits per heavy atom. The number of ether oxygens (including phenoxy) is 2. The molecule has 6 aromatic rings. The van der Waals surface area contributed by atoms with Crippen molar-refractivity contribution in [1.29, 1.82) is 5.26 Å². The van der Waals surface area contributed by atoms with Crippen molar-refractivity contribution in [3.63, 3.8) is 0 Å². The van der Waals surface area contributed by atoms with Crippen LogP contribution in [-0.4, -0.2) is 19.9 Å². The van der Waals surface area contributed by atoms with E-state index in [4.69, 9.17) is 36.0 Å². The highest BCUT2D eigenvalue weighted by molar-refractivity contribution is 6.21. The molecule has 0 unspecified atom stereocenters. The topological polar surface area (TPSA) is 98.2 Å². The molecule has 38 heavy (non-hydrogen) atoms. The van der Waals surface area contributed by atoms with Crippen molar-refractivity contribution in [3.05, 3.63) is 101 Å². The summed E-state index contributed by atoms with van der Waals surface area (Å²) in [5, 5.41) is 11.0. The monoisotopic (exact) mass is 494 g/mol. The van der Waals surface area contributed by atoms with Gasteiger partial charge in [-0.25, -0.2) is 24.8 Å². The molecule has 4 aromatic carbocycles. The van der Waals surface area contributed by atoms with Crippen molar-refractivity contribution in [1.82, 2.24) is 19.9 Å². The predicted molar refractivity (Wildman–Crippen MR) is 144 cm³/mol. The van der Waals surface area contributed by atoms with E-state index < -0.39 is 0 Å². The Labute approximate surface area is 217 Å². The quantitative estimate of drug-likeness (QED) is 0.187. The van der Waals surface area contributed by atoms with Crippen molar-refractivity contribution in [2.45, 2.75) is 13.8 Å². The lowest BCUT2D eigenvalue weighted by atomic mass is 10.0. The van der Waals surface area contributed by atoms with Crippen molar-refractivity contribution in [3.8, 4) is 29.3 Å². The van der Waals surface area contributed by atoms with Crippen molar-refractivity contribution >= 4 is 38.5 Å². The van der Waals surface area contributed by atoms with Gasteiger partial charge in [0.1, 0.15) is 28.0 Å². The SMILES string of the molecule is [C-]#[N+]c1cc2c(cc1C#N)c1nc(Oc3ccccc3)c(Oc3ccccc3)nc1c1nc(C)c(C)nc21. The van der Waals surface area contributed by atoms with E-state index in [-0.39, 0.29) is 23.0 Å². The van der Waals surface area contributed by atoms with Gasteiger partial charge < -0.3 is 9.47 Å². The Morgan fingerprint density at radius 1 is 0.684 bits per heavy atom. The van der Waals surface area contributed by atoms with Gasteiger partial charge in [-0.1, -0.05) is 36.4 Å². The van der Waals surface area contributed by atoms with E-state index in [1.165, 1.54) is 0 Å². The molecule has 8 heteroatoms. The Kier molecular flexibility index (Phi) is 5.48. The fourth-order valence-electron chi connectivity index (χ4n) is 4.21. The molecular formula is C30H18N6O2. The molecule has 0 aliphatic heterocycles. The van der Waals surface area contributed by atoms with Gasteiger partial charge >= 0.3 is 0 Å². The number of aryl methyl sites for hydroxylation is 2. The van der Waals surface area contributed by atoms with E-state index >= 15 is 0 Å². The first kappa shape index (κ1) is 22.8. The maximum Gasteiger partial charge on any atom is 0.284 e. The van der Waals surface area contributed by atoms with Gasteiger partial charge in [0.05, 0.1) is 35.1 Å². The summed E-state index contributed by atoms with van der Waals surface area (Å²) in [7, 11) is 0. The smallest absolute Gasteiger partial charge is 0.284 e. The molecule has 2 heterocycles. The standard InChI is InChI=1S/C30H18N6O2/c1-17-18(2)34-27-25(33-17)23-15-24(32-3)19(16-31)14-22(23)26-28(27)36-30(38-21-12-8-5-9-13-21)29(35-26)37-20-10-6-4-7-11-20/h4-15H,1-2H3. The second-order valence-corrected chi connectivity index (χ2v) is 8.59. The Hall–Kier alpha value is -5.60. The number of benzene rings is 4. The van der Waals surface area contributed by atoms with Gasteiger partial charge in [0.25, 0.3) is 11.8 Å². The summed E-state index contributed by atoms with van der Waals surface area (Å²) < 4.78 is 12.3. The molecule has 0 amide bonds. The largest absolute Gasteiger partial charge is 0.435 e. The van der Waals surface area contributed by atoms with Crippen LogP contribution >= 0.6 is 0 Å². The van der Waals surface area contributed by atoms with Crippen LogP contribution in [0.3, 0.4) is 0 Å². The molecule has 0 radical (unpaired) electrons. The van der Waals surface area contributed by atoms with Crippen LogP contribution in [0.4, 0.5) is 5.69 Å². The summed E-state index contributed by atoms with van der Waals surface area (Å²) in [6.07, 6.45) is 0. The second-order valence-electron chi connectivity index (χ2n) is 8.59. The maximum absolute atomic E-state index is 9.73. The van der Waals surface area contributed by atoms with E-state index in [2.05, 4.69) is 10.9 Å². The minimum Gasteiger partial charge on any atom is -0.435 e. The minimum absolute atomic E-state index is 0.151. The van der Waals surface area contributed by atoms with Gasteiger partial charge in [-0.15, -0.1) is 0 Å². The van der Waals surface area contributed by atoms with Crippen LogP contribution in [-0.2, 0) is 0 Å². The number of nitriles is 1. The summed E-state index contributed by atoms with van der Waals surface area (Å²) in [5.41, 5.74) is 3.98. The van der Waals surface area contributed by atoms with Crippen LogP contribution in [0, 0.1) is 31.8 Å². The fraction of sp³-hybridized carbons (Fsp3) is 0.0667. The van der Waals surface area contributed by atoms with Gasteiger partial charge in [-0.05, 0) is 50.2 Å². The first-order chi connectivity index (χ1) is 18.6. The summed E-state index contributed by atoms with van der Waals surface area (Å²) in [6, 6.07) is 23.9. The molecule has 0 aliphatic rings. The van der Waals surface area contributed by atoms with Gasteiger partial charge in [-0.2, -0.15) is 5.26 Å². The first-order valence-corrected chi connectivity index (χ1v) is 11.8. The van der Waals surface area contributed by atoms with Crippen LogP contribution in [0.2, 0.25) is 0 Å². The number of hydrogen-bond donors (Lipinski definition) is 0. The van der Waals surface area contributed by atoms with Gasteiger partial charge in [-0.3, -0.25) is 0 Å². The molecule has 0 spiro atoms. The average molecular weight is 495 g/mol. The number of rotatable bonds is 4. The molecule has 8 nitrogen and oxygen atoms in total. The summed E-state index contributed by atoms with van der Waals surface area (Å²) in [4.78, 5) is 22.9. The number of nitrogens with zero attached hydrogens (tertiary/aromatic N) is 6. The minimum atomic E-state index is 0.151. The Morgan fingerprint density at radius 2 is 1.16 bits per heavy atom. The molecule has 0 saturated heterocycles. The normalized spacial score (nSPS) is 10.8. The second kappa shape index (κ2) is 9.12. The third kappa shape index (κ3) is 3.87. The molecule has 180 valence electrons. The lowest BCUT2D eigenvalue weighted by molar-refractivity contribution is 0.395. The van der Waals surface area contributed by atoms with Crippen LogP contribution in [0.25, 0.3) is 37.7 Å². The third-order valence-electron chi connectivity index (χ3n) is 6.17. The van der Waals surface area contributed by atoms with E-state index in [1.807, 2.05) is 74.5 Å². The third-order valence-corrected chi connectivity index (χ3v) is 6.17. The van der Waals surface area contributed by atoms with Crippen LogP contribution in [0.1, 0.15) is 17.0 Å². The highest BCUT2D eigenvalue weighted by atomic mass is 16.5. The lowest BCUT2D eigenvalue weighted by Gasteiger charge is -2.15. The van der Waals surface area contributed by atoms with E-state index in [9.17, 15) is 5.26 Å². The number of fused-ring (bicyclic) bond motifs is 6. The zero-order valence-corrected chi connectivity index (χ0v) is 20.4. The van der Waals surface area contributed by atoms with Crippen molar-refractivity contribution < 1.29 is 9.47 Å². The molecule has 0 bridgehead atoms. The fourth-order valence-corrected chi connectivity index (χ4v) is 4.21. The van der Waals surface area contributed by atoms with Crippen LogP contribution in [0.5, 0.6) is 23.3 Å². The molecule has 0 saturated carbocycles. The maximum atomic E-state index is 9.73. The molecule has 0 N–H and O–H groups in total.